The number of rotatable bonds is 2. The Morgan fingerprint density at radius 1 is 1.12 bits per heavy atom. The summed E-state index contributed by atoms with van der Waals surface area (Å²) in [5.74, 6) is 0.372. The van der Waals surface area contributed by atoms with Crippen molar-refractivity contribution < 1.29 is 14.3 Å². The molecule has 0 radical (unpaired) electrons. The fraction of sp³-hybridized carbons (Fsp3) is 0.333. The van der Waals surface area contributed by atoms with E-state index in [0.29, 0.717) is 12.2 Å². The molecule has 5 heteroatoms. The molecule has 0 N–H and O–H groups in total. The van der Waals surface area contributed by atoms with E-state index < -0.39 is 12.1 Å². The van der Waals surface area contributed by atoms with Crippen LogP contribution in [0.2, 0.25) is 0 Å². The molecule has 132 valence electrons. The fourth-order valence-corrected chi connectivity index (χ4v) is 5.84. The standard InChI is InChI=1S/C21H19NO3S/c1-21-11-10-18(23)22(21)17(12-26-21)20(24)25-19-15-8-4-2-6-13(15)14-7-3-5-9-16(14)19/h2-9,17,19H,10-12H2,1H3/t17-,21+/m1/s1. The number of ether oxygens (including phenoxy) is 1. The summed E-state index contributed by atoms with van der Waals surface area (Å²) in [5, 5.41) is 0. The highest BCUT2D eigenvalue weighted by Gasteiger charge is 2.54. The van der Waals surface area contributed by atoms with Crippen molar-refractivity contribution in [1.82, 2.24) is 4.90 Å². The average molecular weight is 365 g/mol. The van der Waals surface area contributed by atoms with Crippen LogP contribution in [-0.2, 0) is 14.3 Å². The number of carbonyl (C=O) groups is 2. The Balaban J connectivity index is 1.47. The molecule has 2 heterocycles. The van der Waals surface area contributed by atoms with E-state index in [1.165, 1.54) is 0 Å². The van der Waals surface area contributed by atoms with Crippen molar-refractivity contribution in [3.05, 3.63) is 59.7 Å². The predicted octanol–water partition coefficient (Wildman–Crippen LogP) is 3.75. The number of benzene rings is 2. The van der Waals surface area contributed by atoms with Gasteiger partial charge in [0, 0.05) is 23.3 Å². The second kappa shape index (κ2) is 5.61. The Bertz CT molecular complexity index is 881. The van der Waals surface area contributed by atoms with Gasteiger partial charge in [0.2, 0.25) is 5.91 Å². The third-order valence-corrected chi connectivity index (χ3v) is 7.23. The zero-order chi connectivity index (χ0) is 17.9. The predicted molar refractivity (Wildman–Crippen MR) is 101 cm³/mol. The van der Waals surface area contributed by atoms with Gasteiger partial charge in [-0.05, 0) is 24.5 Å². The van der Waals surface area contributed by atoms with E-state index in [9.17, 15) is 9.59 Å². The van der Waals surface area contributed by atoms with E-state index in [-0.39, 0.29) is 16.7 Å². The van der Waals surface area contributed by atoms with Crippen LogP contribution in [0.25, 0.3) is 11.1 Å². The molecule has 26 heavy (non-hydrogen) atoms. The molecule has 0 aromatic heterocycles. The van der Waals surface area contributed by atoms with E-state index in [4.69, 9.17) is 4.74 Å². The van der Waals surface area contributed by atoms with Crippen molar-refractivity contribution in [2.75, 3.05) is 5.75 Å². The van der Waals surface area contributed by atoms with Crippen LogP contribution in [0.1, 0.15) is 37.0 Å². The summed E-state index contributed by atoms with van der Waals surface area (Å²) in [6.45, 7) is 2.05. The smallest absolute Gasteiger partial charge is 0.330 e. The SMILES string of the molecule is C[C@]12CCC(=O)N1[C@@H](C(=O)OC1c3ccccc3-c3ccccc31)CS2. The first-order valence-corrected chi connectivity index (χ1v) is 9.92. The zero-order valence-electron chi connectivity index (χ0n) is 14.5. The highest BCUT2D eigenvalue weighted by molar-refractivity contribution is 8.01. The highest BCUT2D eigenvalue weighted by Crippen LogP contribution is 2.49. The number of amides is 1. The first kappa shape index (κ1) is 15.9. The number of esters is 1. The Hall–Kier alpha value is -2.27. The normalized spacial score (nSPS) is 26.6. The largest absolute Gasteiger partial charge is 0.451 e. The molecule has 2 atom stereocenters. The molecule has 0 saturated carbocycles. The Kier molecular flexibility index (Phi) is 3.44. The molecule has 2 aliphatic heterocycles. The second-order valence-electron chi connectivity index (χ2n) is 7.26. The maximum absolute atomic E-state index is 13.0. The van der Waals surface area contributed by atoms with Crippen LogP contribution in [0.15, 0.2) is 48.5 Å². The van der Waals surface area contributed by atoms with Gasteiger partial charge in [0.1, 0.15) is 6.04 Å². The highest BCUT2D eigenvalue weighted by atomic mass is 32.2. The minimum absolute atomic E-state index is 0.0617. The molecule has 0 unspecified atom stereocenters. The molecule has 3 aliphatic rings. The lowest BCUT2D eigenvalue weighted by Crippen LogP contribution is -2.46. The maximum atomic E-state index is 13.0. The van der Waals surface area contributed by atoms with Gasteiger partial charge in [-0.1, -0.05) is 48.5 Å². The molecule has 2 saturated heterocycles. The van der Waals surface area contributed by atoms with Crippen molar-refractivity contribution in [3.63, 3.8) is 0 Å². The molecule has 2 fully saturated rings. The van der Waals surface area contributed by atoms with Crippen LogP contribution < -0.4 is 0 Å². The lowest BCUT2D eigenvalue weighted by Gasteiger charge is -2.30. The van der Waals surface area contributed by atoms with Gasteiger partial charge in [0.15, 0.2) is 6.10 Å². The maximum Gasteiger partial charge on any atom is 0.330 e. The number of hydrogen-bond donors (Lipinski definition) is 0. The third-order valence-electron chi connectivity index (χ3n) is 5.73. The van der Waals surface area contributed by atoms with Gasteiger partial charge in [-0.3, -0.25) is 4.79 Å². The van der Waals surface area contributed by atoms with Crippen molar-refractivity contribution in [2.45, 2.75) is 36.8 Å². The molecular formula is C21H19NO3S. The second-order valence-corrected chi connectivity index (χ2v) is 8.76. The Morgan fingerprint density at radius 2 is 1.73 bits per heavy atom. The number of fused-ring (bicyclic) bond motifs is 4. The minimum Gasteiger partial charge on any atom is -0.451 e. The monoisotopic (exact) mass is 365 g/mol. The fourth-order valence-electron chi connectivity index (χ4n) is 4.43. The zero-order valence-corrected chi connectivity index (χ0v) is 15.3. The summed E-state index contributed by atoms with van der Waals surface area (Å²) < 4.78 is 6.00. The summed E-state index contributed by atoms with van der Waals surface area (Å²) in [6.07, 6.45) is 0.919. The lowest BCUT2D eigenvalue weighted by molar-refractivity contribution is -0.156. The topological polar surface area (TPSA) is 46.6 Å². The number of nitrogens with zero attached hydrogens (tertiary/aromatic N) is 1. The molecule has 0 spiro atoms. The average Bonchev–Trinajstić information content (AvgIpc) is 3.26. The quantitative estimate of drug-likeness (QED) is 0.761. The molecule has 1 amide bonds. The lowest BCUT2D eigenvalue weighted by atomic mass is 10.1. The summed E-state index contributed by atoms with van der Waals surface area (Å²) in [6, 6.07) is 15.6. The van der Waals surface area contributed by atoms with Gasteiger partial charge in [-0.15, -0.1) is 11.8 Å². The number of carbonyl (C=O) groups excluding carboxylic acids is 2. The van der Waals surface area contributed by atoms with Crippen molar-refractivity contribution in [2.24, 2.45) is 0 Å². The van der Waals surface area contributed by atoms with Crippen LogP contribution >= 0.6 is 11.8 Å². The van der Waals surface area contributed by atoms with Gasteiger partial charge in [-0.2, -0.15) is 0 Å². The van der Waals surface area contributed by atoms with Gasteiger partial charge in [0.25, 0.3) is 0 Å². The van der Waals surface area contributed by atoms with Crippen molar-refractivity contribution in [1.29, 1.82) is 0 Å². The summed E-state index contributed by atoms with van der Waals surface area (Å²) in [7, 11) is 0. The number of thioether (sulfide) groups is 1. The molecular weight excluding hydrogens is 346 g/mol. The van der Waals surface area contributed by atoms with Crippen molar-refractivity contribution >= 4 is 23.6 Å². The van der Waals surface area contributed by atoms with Crippen LogP contribution in [-0.4, -0.2) is 33.4 Å². The van der Waals surface area contributed by atoms with Crippen LogP contribution in [0.5, 0.6) is 0 Å². The van der Waals surface area contributed by atoms with Gasteiger partial charge >= 0.3 is 5.97 Å². The van der Waals surface area contributed by atoms with Gasteiger partial charge in [-0.25, -0.2) is 4.79 Å². The summed E-state index contributed by atoms with van der Waals surface area (Å²) in [5.41, 5.74) is 4.26. The van der Waals surface area contributed by atoms with E-state index in [1.807, 2.05) is 36.4 Å². The number of hydrogen-bond acceptors (Lipinski definition) is 4. The Morgan fingerprint density at radius 3 is 2.38 bits per heavy atom. The summed E-state index contributed by atoms with van der Waals surface area (Å²) >= 11 is 1.69. The van der Waals surface area contributed by atoms with Gasteiger partial charge in [0.05, 0.1) is 4.87 Å². The molecule has 5 rings (SSSR count). The van der Waals surface area contributed by atoms with E-state index in [0.717, 1.165) is 28.7 Å². The Labute approximate surface area is 156 Å². The molecule has 0 bridgehead atoms. The molecule has 2 aromatic rings. The summed E-state index contributed by atoms with van der Waals surface area (Å²) in [4.78, 5) is 26.8. The van der Waals surface area contributed by atoms with E-state index in [1.54, 1.807) is 16.7 Å². The first-order valence-electron chi connectivity index (χ1n) is 8.93. The first-order chi connectivity index (χ1) is 12.6. The van der Waals surface area contributed by atoms with Crippen LogP contribution in [0.4, 0.5) is 0 Å². The van der Waals surface area contributed by atoms with E-state index in [2.05, 4.69) is 19.1 Å². The van der Waals surface area contributed by atoms with Gasteiger partial charge < -0.3 is 9.64 Å². The van der Waals surface area contributed by atoms with Crippen LogP contribution in [0.3, 0.4) is 0 Å². The molecule has 1 aliphatic carbocycles. The molecule has 4 nitrogen and oxygen atoms in total. The molecule has 2 aromatic carbocycles. The van der Waals surface area contributed by atoms with Crippen LogP contribution in [0, 0.1) is 0 Å². The van der Waals surface area contributed by atoms with E-state index >= 15 is 0 Å². The van der Waals surface area contributed by atoms with Crippen molar-refractivity contribution in [3.8, 4) is 11.1 Å². The third kappa shape index (κ3) is 2.16. The minimum atomic E-state index is -0.486.